The van der Waals surface area contributed by atoms with Crippen molar-refractivity contribution in [2.75, 3.05) is 39.6 Å². The lowest BCUT2D eigenvalue weighted by atomic mass is 10.1. The number of aliphatic hydroxyl groups excluding tert-OH is 1. The number of aliphatic hydroxyl groups is 1. The Kier molecular flexibility index (Phi) is 65.7. The number of unbranched alkanes of at least 4 members (excludes halogenated alkanes) is 22. The normalized spacial score (nSPS) is 14.7. The molecule has 0 aromatic rings. The molecule has 0 aliphatic heterocycles. The van der Waals surface area contributed by atoms with E-state index in [1.807, 2.05) is 0 Å². The van der Waals surface area contributed by atoms with Crippen molar-refractivity contribution in [3.8, 4) is 0 Å². The Morgan fingerprint density at radius 1 is 0.302 bits per heavy atom. The third-order valence-electron chi connectivity index (χ3n) is 14.9. The van der Waals surface area contributed by atoms with Crippen molar-refractivity contribution in [2.45, 2.75) is 303 Å². The van der Waals surface area contributed by atoms with E-state index in [-0.39, 0.29) is 25.7 Å². The number of carbonyl (C=O) groups is 4. The number of carbonyl (C=O) groups excluding carboxylic acids is 4. The van der Waals surface area contributed by atoms with Crippen molar-refractivity contribution in [2.24, 2.45) is 0 Å². The van der Waals surface area contributed by atoms with E-state index in [0.29, 0.717) is 32.1 Å². The molecular weight excluding hydrogens is 1260 g/mol. The summed E-state index contributed by atoms with van der Waals surface area (Å²) in [4.78, 5) is 72.7. The average Bonchev–Trinajstić information content (AvgIpc) is 2.18. The van der Waals surface area contributed by atoms with E-state index in [9.17, 15) is 43.2 Å². The first-order valence-corrected chi connectivity index (χ1v) is 39.8. The van der Waals surface area contributed by atoms with Crippen LogP contribution in [-0.2, 0) is 65.4 Å². The van der Waals surface area contributed by atoms with Crippen LogP contribution in [0.25, 0.3) is 0 Å². The first kappa shape index (κ1) is 91.5. The minimum atomic E-state index is -4.99. The minimum Gasteiger partial charge on any atom is -0.462 e. The Morgan fingerprint density at radius 2 is 0.552 bits per heavy atom. The van der Waals surface area contributed by atoms with E-state index >= 15 is 0 Å². The number of allylic oxidation sites excluding steroid dienone is 20. The maximum Gasteiger partial charge on any atom is 0.472 e. The summed E-state index contributed by atoms with van der Waals surface area (Å²) in [7, 11) is -9.97. The lowest BCUT2D eigenvalue weighted by Gasteiger charge is -2.21. The third kappa shape index (κ3) is 68.0. The van der Waals surface area contributed by atoms with Crippen molar-refractivity contribution in [3.05, 3.63) is 122 Å². The number of hydrogen-bond acceptors (Lipinski definition) is 15. The van der Waals surface area contributed by atoms with Crippen LogP contribution in [0, 0.1) is 0 Å². The van der Waals surface area contributed by atoms with Crippen molar-refractivity contribution < 1.29 is 80.2 Å². The number of phosphoric ester groups is 2. The van der Waals surface area contributed by atoms with Crippen LogP contribution in [0.5, 0.6) is 0 Å². The Bertz CT molecular complexity index is 2300. The molecule has 0 amide bonds. The number of ether oxygens (including phenoxy) is 4. The van der Waals surface area contributed by atoms with Gasteiger partial charge in [0.2, 0.25) is 0 Å². The molecule has 0 radical (unpaired) electrons. The van der Waals surface area contributed by atoms with Gasteiger partial charge in [-0.15, -0.1) is 0 Å². The molecule has 0 fully saturated rings. The number of rotatable bonds is 68. The second kappa shape index (κ2) is 69.0. The molecule has 0 heterocycles. The highest BCUT2D eigenvalue weighted by molar-refractivity contribution is 7.47. The maximum atomic E-state index is 13.1. The monoisotopic (exact) mass is 1390 g/mol. The highest BCUT2D eigenvalue weighted by atomic mass is 31.2. The molecule has 0 spiro atoms. The molecule has 96 heavy (non-hydrogen) atoms. The molecule has 5 atom stereocenters. The molecule has 550 valence electrons. The summed E-state index contributed by atoms with van der Waals surface area (Å²) in [5.41, 5.74) is 0. The Morgan fingerprint density at radius 3 is 0.896 bits per heavy atom. The molecule has 0 aromatic heterocycles. The molecule has 0 aliphatic rings. The van der Waals surface area contributed by atoms with Gasteiger partial charge in [0, 0.05) is 25.7 Å². The summed E-state index contributed by atoms with van der Waals surface area (Å²) in [6, 6.07) is 0. The second-order valence-electron chi connectivity index (χ2n) is 24.1. The van der Waals surface area contributed by atoms with Crippen LogP contribution in [0.3, 0.4) is 0 Å². The van der Waals surface area contributed by atoms with Crippen LogP contribution in [0.1, 0.15) is 285 Å². The largest absolute Gasteiger partial charge is 0.472 e. The third-order valence-corrected chi connectivity index (χ3v) is 16.8. The van der Waals surface area contributed by atoms with Crippen LogP contribution in [0.2, 0.25) is 0 Å². The molecular formula is C77H130O17P2. The Labute approximate surface area is 581 Å². The molecule has 0 saturated carbocycles. The fourth-order valence-corrected chi connectivity index (χ4v) is 10.9. The average molecular weight is 1390 g/mol. The van der Waals surface area contributed by atoms with E-state index in [0.717, 1.165) is 161 Å². The molecule has 0 aromatic carbocycles. The quantitative estimate of drug-likeness (QED) is 0.0169. The van der Waals surface area contributed by atoms with E-state index in [4.69, 9.17) is 37.0 Å². The molecule has 19 heteroatoms. The number of phosphoric acid groups is 2. The lowest BCUT2D eigenvalue weighted by Crippen LogP contribution is -2.30. The molecule has 5 unspecified atom stereocenters. The maximum absolute atomic E-state index is 13.1. The van der Waals surface area contributed by atoms with Crippen molar-refractivity contribution in [1.82, 2.24) is 0 Å². The van der Waals surface area contributed by atoms with Gasteiger partial charge < -0.3 is 33.8 Å². The van der Waals surface area contributed by atoms with Gasteiger partial charge in [-0.1, -0.05) is 233 Å². The fraction of sp³-hybridized carbons (Fsp3) is 0.688. The van der Waals surface area contributed by atoms with Gasteiger partial charge in [0.1, 0.15) is 19.3 Å². The zero-order valence-corrected chi connectivity index (χ0v) is 61.5. The fourth-order valence-electron chi connectivity index (χ4n) is 9.29. The summed E-state index contributed by atoms with van der Waals surface area (Å²) in [5, 5.41) is 10.6. The van der Waals surface area contributed by atoms with Gasteiger partial charge in [-0.05, 0) is 148 Å². The number of esters is 4. The van der Waals surface area contributed by atoms with E-state index in [1.165, 1.54) is 38.5 Å². The molecule has 0 saturated heterocycles. The van der Waals surface area contributed by atoms with Gasteiger partial charge in [-0.3, -0.25) is 37.3 Å². The molecule has 0 aliphatic carbocycles. The summed E-state index contributed by atoms with van der Waals surface area (Å²) >= 11 is 0. The smallest absolute Gasteiger partial charge is 0.462 e. The van der Waals surface area contributed by atoms with Gasteiger partial charge in [0.05, 0.1) is 26.4 Å². The van der Waals surface area contributed by atoms with Crippen molar-refractivity contribution in [1.29, 1.82) is 0 Å². The Hall–Kier alpha value is -4.54. The summed E-state index contributed by atoms with van der Waals surface area (Å²) in [6.45, 7) is 4.48. The topological polar surface area (TPSA) is 237 Å². The zero-order valence-electron chi connectivity index (χ0n) is 59.8. The van der Waals surface area contributed by atoms with Crippen LogP contribution < -0.4 is 0 Å². The summed E-state index contributed by atoms with van der Waals surface area (Å²) < 4.78 is 68.3. The number of hydrogen-bond donors (Lipinski definition) is 3. The van der Waals surface area contributed by atoms with Gasteiger partial charge in [0.25, 0.3) is 0 Å². The van der Waals surface area contributed by atoms with Crippen LogP contribution in [0.4, 0.5) is 0 Å². The second-order valence-corrected chi connectivity index (χ2v) is 27.0. The van der Waals surface area contributed by atoms with Gasteiger partial charge >= 0.3 is 39.5 Å². The summed E-state index contributed by atoms with van der Waals surface area (Å²) in [5.74, 6) is -2.27. The van der Waals surface area contributed by atoms with Gasteiger partial charge in [-0.2, -0.15) is 0 Å². The first-order valence-electron chi connectivity index (χ1n) is 36.8. The van der Waals surface area contributed by atoms with E-state index in [2.05, 4.69) is 149 Å². The zero-order chi connectivity index (χ0) is 70.4. The first-order chi connectivity index (χ1) is 46.7. The van der Waals surface area contributed by atoms with Crippen molar-refractivity contribution >= 4 is 39.5 Å². The minimum absolute atomic E-state index is 0.0340. The van der Waals surface area contributed by atoms with Gasteiger partial charge in [0.15, 0.2) is 12.2 Å². The Balaban J connectivity index is 5.40. The van der Waals surface area contributed by atoms with E-state index in [1.54, 1.807) is 0 Å². The molecule has 17 nitrogen and oxygen atoms in total. The highest BCUT2D eigenvalue weighted by Gasteiger charge is 2.30. The lowest BCUT2D eigenvalue weighted by molar-refractivity contribution is -0.161. The van der Waals surface area contributed by atoms with Gasteiger partial charge in [-0.25, -0.2) is 9.13 Å². The molecule has 0 bridgehead atoms. The van der Waals surface area contributed by atoms with E-state index < -0.39 is 97.5 Å². The predicted octanol–water partition coefficient (Wildman–Crippen LogP) is 20.8. The van der Waals surface area contributed by atoms with Crippen LogP contribution >= 0.6 is 15.6 Å². The predicted molar refractivity (Wildman–Crippen MR) is 390 cm³/mol. The highest BCUT2D eigenvalue weighted by Crippen LogP contribution is 2.45. The molecule has 3 N–H and O–H groups in total. The molecule has 0 rings (SSSR count). The van der Waals surface area contributed by atoms with Crippen LogP contribution in [0.15, 0.2) is 122 Å². The SMILES string of the molecule is CC/C=C\C/C=C\C/C=C\C/C=C\CCCCCCC(=O)OCC(COP(=O)(O)OCC(O)COP(=O)(O)OCC(COC(=O)CCCCCCC/C=C\CCCCCC)OC(=O)CCCCCCC/C=C\CCCC)OC(=O)CCCC/C=C\C/C=C\C/C=C\C/C=C\CC. The summed E-state index contributed by atoms with van der Waals surface area (Å²) in [6.07, 6.45) is 73.5. The standard InChI is InChI=1S/C77H130O17P2/c1-5-9-13-17-21-25-29-32-34-35-37-39-43-46-50-54-58-62-75(80)88-68-73(94-77(82)64-60-56-52-48-44-40-36-33-30-26-22-18-14-10-6-2)70-92-96(85,86)90-66-71(78)65-89-95(83,84)91-69-72(93-76(81)63-59-55-51-47-41-28-24-20-16-12-8-4)67-87-74(79)61-57-53-49-45-42-38-31-27-23-19-15-11-7-3/h9-10,13-14,20-22,24-27,31-34,36-37,39,44,48,71-73,78H,5-8,11-12,15-19,23,28-30,35,38,40-43,45-47,49-70H2,1-4H3,(H,83,84)(H,85,86)/b13-9-,14-10-,24-20-,25-21-,26-22-,31-27-,34-32-,36-33-,39-37-,48-44-. The van der Waals surface area contributed by atoms with Crippen molar-refractivity contribution in [3.63, 3.8) is 0 Å². The van der Waals surface area contributed by atoms with Crippen LogP contribution in [-0.4, -0.2) is 96.7 Å².